The summed E-state index contributed by atoms with van der Waals surface area (Å²) in [5, 5.41) is 11.8. The zero-order valence-electron chi connectivity index (χ0n) is 30.8. The number of carbonyl (C=O) groups excluding carboxylic acids is 4. The lowest BCUT2D eigenvalue weighted by Crippen LogP contribution is -2.55. The van der Waals surface area contributed by atoms with Crippen molar-refractivity contribution in [3.63, 3.8) is 0 Å². The van der Waals surface area contributed by atoms with Gasteiger partial charge in [-0.15, -0.1) is 0 Å². The number of likely N-dealkylation sites (N-methyl/N-ethyl adjacent to an activating group) is 1. The molecular formula is C38H52N6O6S. The van der Waals surface area contributed by atoms with E-state index in [-0.39, 0.29) is 53.0 Å². The minimum absolute atomic E-state index is 0.0951. The van der Waals surface area contributed by atoms with Crippen molar-refractivity contribution in [1.29, 1.82) is 0 Å². The number of sulfonamides is 1. The highest BCUT2D eigenvalue weighted by Crippen LogP contribution is 2.25. The summed E-state index contributed by atoms with van der Waals surface area (Å²) in [6, 6.07) is 21.1. The van der Waals surface area contributed by atoms with Gasteiger partial charge in [0.2, 0.25) is 21.8 Å². The summed E-state index contributed by atoms with van der Waals surface area (Å²) in [5.41, 5.74) is 2.25. The Kier molecular flexibility index (Phi) is 14.7. The van der Waals surface area contributed by atoms with Crippen LogP contribution in [0.25, 0.3) is 0 Å². The van der Waals surface area contributed by atoms with Crippen molar-refractivity contribution in [2.24, 2.45) is 5.92 Å². The highest BCUT2D eigenvalue weighted by atomic mass is 32.2. The molecule has 0 fully saturated rings. The van der Waals surface area contributed by atoms with Crippen molar-refractivity contribution < 1.29 is 27.6 Å². The van der Waals surface area contributed by atoms with Gasteiger partial charge in [-0.05, 0) is 62.4 Å². The SMILES string of the molecule is CCNC(=O)[C@@H](NC(=O)[C@H](C)NC[C@H](Cc1ccccc1)NC(=O)c1cc(C(=O)N(C)[C@@H](C)c2ccccc2)cc(N(C)S(C)(=O)=O)c1)C(C)C. The molecule has 0 radical (unpaired) electrons. The van der Waals surface area contributed by atoms with Crippen molar-refractivity contribution in [2.45, 2.75) is 65.2 Å². The fourth-order valence-corrected chi connectivity index (χ4v) is 5.91. The number of carbonyl (C=O) groups is 4. The van der Waals surface area contributed by atoms with E-state index in [9.17, 15) is 27.6 Å². The molecule has 3 aromatic carbocycles. The highest BCUT2D eigenvalue weighted by Gasteiger charge is 2.27. The Morgan fingerprint density at radius 1 is 0.784 bits per heavy atom. The van der Waals surface area contributed by atoms with Crippen LogP contribution < -0.4 is 25.6 Å². The van der Waals surface area contributed by atoms with Crippen LogP contribution in [-0.2, 0) is 26.0 Å². The first-order valence-electron chi connectivity index (χ1n) is 17.1. The summed E-state index contributed by atoms with van der Waals surface area (Å²) in [7, 11) is -0.709. The first-order chi connectivity index (χ1) is 24.0. The lowest BCUT2D eigenvalue weighted by molar-refractivity contribution is -0.130. The highest BCUT2D eigenvalue weighted by molar-refractivity contribution is 7.92. The lowest BCUT2D eigenvalue weighted by Gasteiger charge is -2.27. The molecule has 13 heteroatoms. The van der Waals surface area contributed by atoms with Crippen LogP contribution in [0.15, 0.2) is 78.9 Å². The third-order valence-electron chi connectivity index (χ3n) is 8.79. The van der Waals surface area contributed by atoms with Crippen LogP contribution in [-0.4, -0.2) is 88.5 Å². The van der Waals surface area contributed by atoms with Crippen molar-refractivity contribution in [3.8, 4) is 0 Å². The molecule has 4 atom stereocenters. The fourth-order valence-electron chi connectivity index (χ4n) is 5.42. The number of hydrogen-bond donors (Lipinski definition) is 4. The summed E-state index contributed by atoms with van der Waals surface area (Å²) < 4.78 is 26.1. The maximum absolute atomic E-state index is 13.9. The second kappa shape index (κ2) is 18.5. The van der Waals surface area contributed by atoms with E-state index < -0.39 is 34.1 Å². The molecule has 0 saturated heterocycles. The van der Waals surface area contributed by atoms with E-state index >= 15 is 0 Å². The van der Waals surface area contributed by atoms with Crippen molar-refractivity contribution in [1.82, 2.24) is 26.2 Å². The van der Waals surface area contributed by atoms with Crippen molar-refractivity contribution in [3.05, 3.63) is 101 Å². The Hall–Kier alpha value is -4.75. The van der Waals surface area contributed by atoms with Crippen LogP contribution in [0.1, 0.15) is 72.5 Å². The molecule has 3 rings (SSSR count). The van der Waals surface area contributed by atoms with E-state index in [2.05, 4.69) is 21.3 Å². The minimum Gasteiger partial charge on any atom is -0.355 e. The molecule has 0 aliphatic carbocycles. The number of nitrogens with zero attached hydrogens (tertiary/aromatic N) is 2. The van der Waals surface area contributed by atoms with E-state index in [0.29, 0.717) is 13.0 Å². The van der Waals surface area contributed by atoms with Crippen molar-refractivity contribution >= 4 is 39.3 Å². The Bertz CT molecular complexity index is 1750. The second-order valence-electron chi connectivity index (χ2n) is 13.1. The van der Waals surface area contributed by atoms with E-state index in [4.69, 9.17) is 0 Å². The number of benzene rings is 3. The predicted molar refractivity (Wildman–Crippen MR) is 201 cm³/mol. The molecule has 12 nitrogen and oxygen atoms in total. The molecule has 0 spiro atoms. The zero-order chi connectivity index (χ0) is 37.9. The Balaban J connectivity index is 1.90. The topological polar surface area (TPSA) is 157 Å². The molecule has 0 aromatic heterocycles. The molecule has 0 saturated carbocycles. The first kappa shape index (κ1) is 40.7. The third kappa shape index (κ3) is 11.6. The Morgan fingerprint density at radius 3 is 1.94 bits per heavy atom. The molecule has 0 aliphatic heterocycles. The quantitative estimate of drug-likeness (QED) is 0.166. The molecule has 51 heavy (non-hydrogen) atoms. The Morgan fingerprint density at radius 2 is 1.37 bits per heavy atom. The van der Waals surface area contributed by atoms with Crippen LogP contribution in [0.3, 0.4) is 0 Å². The molecule has 276 valence electrons. The van der Waals surface area contributed by atoms with Gasteiger partial charge in [-0.2, -0.15) is 0 Å². The van der Waals surface area contributed by atoms with E-state index in [1.54, 1.807) is 18.9 Å². The fraction of sp³-hybridized carbons (Fsp3) is 0.421. The number of amides is 4. The van der Waals surface area contributed by atoms with Gasteiger partial charge < -0.3 is 26.2 Å². The summed E-state index contributed by atoms with van der Waals surface area (Å²) in [5.74, 6) is -1.67. The summed E-state index contributed by atoms with van der Waals surface area (Å²) in [4.78, 5) is 55.0. The second-order valence-corrected chi connectivity index (χ2v) is 15.1. The molecular weight excluding hydrogens is 669 g/mol. The van der Waals surface area contributed by atoms with Gasteiger partial charge in [0.05, 0.1) is 24.0 Å². The van der Waals surface area contributed by atoms with Crippen LogP contribution >= 0.6 is 0 Å². The average molecular weight is 721 g/mol. The summed E-state index contributed by atoms with van der Waals surface area (Å²) in [6.07, 6.45) is 1.46. The van der Waals surface area contributed by atoms with Crippen LogP contribution in [0.5, 0.6) is 0 Å². The first-order valence-corrected chi connectivity index (χ1v) is 19.0. The summed E-state index contributed by atoms with van der Waals surface area (Å²) in [6.45, 7) is 9.72. The smallest absolute Gasteiger partial charge is 0.254 e. The molecule has 4 N–H and O–H groups in total. The molecule has 0 aliphatic rings. The molecule has 0 bridgehead atoms. The van der Waals surface area contributed by atoms with Gasteiger partial charge in [0, 0.05) is 44.4 Å². The molecule has 4 amide bonds. The predicted octanol–water partition coefficient (Wildman–Crippen LogP) is 3.51. The Labute approximate surface area is 302 Å². The maximum Gasteiger partial charge on any atom is 0.254 e. The lowest BCUT2D eigenvalue weighted by atomic mass is 10.0. The normalized spacial score (nSPS) is 13.7. The number of nitrogens with one attached hydrogen (secondary N) is 4. The van der Waals surface area contributed by atoms with Crippen LogP contribution in [0.4, 0.5) is 5.69 Å². The van der Waals surface area contributed by atoms with Gasteiger partial charge in [0.1, 0.15) is 6.04 Å². The standard InChI is InChI=1S/C38H52N6O6S/c1-9-39-37(47)34(25(2)3)42-35(45)26(4)40-24-32(20-28-16-12-10-13-17-28)41-36(46)30-21-31(23-33(22-30)44(7)51(8,49)50)38(48)43(6)27(5)29-18-14-11-15-19-29/h10-19,21-23,25-27,32,34,40H,9,20,24H2,1-8H3,(H,39,47)(H,41,46)(H,42,45)/t26-,27-,32-,34-/m0/s1. The average Bonchev–Trinajstić information content (AvgIpc) is 3.11. The maximum atomic E-state index is 13.9. The van der Waals surface area contributed by atoms with E-state index in [0.717, 1.165) is 21.7 Å². The van der Waals surface area contributed by atoms with E-state index in [1.165, 1.54) is 25.2 Å². The largest absolute Gasteiger partial charge is 0.355 e. The number of rotatable bonds is 17. The van der Waals surface area contributed by atoms with Gasteiger partial charge in [0.15, 0.2) is 0 Å². The zero-order valence-corrected chi connectivity index (χ0v) is 31.6. The molecule has 0 unspecified atom stereocenters. The number of hydrogen-bond acceptors (Lipinski definition) is 7. The molecule has 0 heterocycles. The van der Waals surface area contributed by atoms with Gasteiger partial charge in [0.25, 0.3) is 11.8 Å². The van der Waals surface area contributed by atoms with Gasteiger partial charge in [-0.3, -0.25) is 23.5 Å². The van der Waals surface area contributed by atoms with Crippen molar-refractivity contribution in [2.75, 3.05) is 37.7 Å². The van der Waals surface area contributed by atoms with Crippen LogP contribution in [0.2, 0.25) is 0 Å². The van der Waals surface area contributed by atoms with Gasteiger partial charge >= 0.3 is 0 Å². The van der Waals surface area contributed by atoms with E-state index in [1.807, 2.05) is 88.4 Å². The summed E-state index contributed by atoms with van der Waals surface area (Å²) >= 11 is 0. The van der Waals surface area contributed by atoms with Crippen LogP contribution in [0, 0.1) is 5.92 Å². The monoisotopic (exact) mass is 720 g/mol. The minimum atomic E-state index is -3.73. The van der Waals surface area contributed by atoms with Gasteiger partial charge in [-0.1, -0.05) is 74.5 Å². The molecule has 3 aromatic rings. The third-order valence-corrected chi connectivity index (χ3v) is 10.00. The number of anilines is 1. The van der Waals surface area contributed by atoms with Gasteiger partial charge in [-0.25, -0.2) is 8.42 Å².